The lowest BCUT2D eigenvalue weighted by atomic mass is 9.75. The second-order valence-corrected chi connectivity index (χ2v) is 22.7. The third-order valence-electron chi connectivity index (χ3n) is 17.0. The molecule has 4 fully saturated rings. The van der Waals surface area contributed by atoms with Gasteiger partial charge < -0.3 is 28.4 Å². The number of hydrogen-bond acceptors (Lipinski definition) is 12. The Hall–Kier alpha value is -7.78. The van der Waals surface area contributed by atoms with Crippen molar-refractivity contribution in [3.05, 3.63) is 153 Å². The minimum absolute atomic E-state index is 0.0647. The largest absolute Gasteiger partial charge is 0.416 e. The number of halogens is 10. The molecule has 8 heterocycles. The number of hydrogen-bond donors (Lipinski definition) is 0. The van der Waals surface area contributed by atoms with Gasteiger partial charge in [-0.05, 0) is 81.9 Å². The summed E-state index contributed by atoms with van der Waals surface area (Å²) in [5.74, 6) is -9.02. The maximum Gasteiger partial charge on any atom is 0.416 e. The topological polar surface area (TPSA) is 175 Å². The first kappa shape index (κ1) is 58.0. The quantitative estimate of drug-likeness (QED) is 0.107. The fourth-order valence-electron chi connectivity index (χ4n) is 12.0. The molecule has 84 heavy (non-hydrogen) atoms. The van der Waals surface area contributed by atoms with Crippen LogP contribution in [0.25, 0.3) is 0 Å². The molecule has 2 unspecified atom stereocenters. The van der Waals surface area contributed by atoms with E-state index in [2.05, 4.69) is 20.4 Å². The van der Waals surface area contributed by atoms with Gasteiger partial charge in [-0.2, -0.15) is 36.9 Å². The number of carbonyl (C=O) groups excluding carboxylic acids is 2. The Balaban J connectivity index is 0.000000175. The Morgan fingerprint density at radius 2 is 0.988 bits per heavy atom. The number of likely N-dealkylation sites (tertiary alicyclic amines) is 2. The molecule has 2 atom stereocenters. The highest BCUT2D eigenvalue weighted by atomic mass is 19.4. The molecule has 6 aromatic rings. The van der Waals surface area contributed by atoms with Crippen molar-refractivity contribution in [2.45, 2.75) is 86.9 Å². The SMILES string of the molecule is Cn1cnnc1CC1(c2cccc(N3Cc4c(cc(CN5CCC(F)(F)C(C#N)C5)cc4C(F)(F)F)C3=O)c2)COC1.Cn1cnnc1CC1(c2cccc(N3Cc4c(cc(CN5CCC(F)(F)C(C#N)C5)cc4C(F)(F)F)C3=O)c2)COC1. The van der Waals surface area contributed by atoms with Crippen molar-refractivity contribution in [3.8, 4) is 12.1 Å². The molecule has 440 valence electrons. The van der Waals surface area contributed by atoms with Crippen LogP contribution in [0.5, 0.6) is 0 Å². The normalized spacial score (nSPS) is 21.6. The Morgan fingerprint density at radius 3 is 1.31 bits per heavy atom. The van der Waals surface area contributed by atoms with Crippen molar-refractivity contribution in [1.29, 1.82) is 10.5 Å². The number of anilines is 2. The van der Waals surface area contributed by atoms with Gasteiger partial charge in [0.05, 0.1) is 62.8 Å². The average molecular weight is 1170 g/mol. The number of rotatable bonds is 12. The number of alkyl halides is 10. The highest BCUT2D eigenvalue weighted by Gasteiger charge is 2.49. The third-order valence-corrected chi connectivity index (χ3v) is 17.0. The molecular weight excluding hydrogens is 1120 g/mol. The molecule has 26 heteroatoms. The molecule has 16 nitrogen and oxygen atoms in total. The highest BCUT2D eigenvalue weighted by molar-refractivity contribution is 6.11. The predicted octanol–water partition coefficient (Wildman–Crippen LogP) is 8.97. The maximum atomic E-state index is 14.3. The fraction of sp³-hybridized carbons (Fsp3) is 0.448. The van der Waals surface area contributed by atoms with Crippen molar-refractivity contribution < 1.29 is 63.0 Å². The first-order valence-corrected chi connectivity index (χ1v) is 26.9. The second kappa shape index (κ2) is 21.7. The van der Waals surface area contributed by atoms with E-state index in [-0.39, 0.29) is 85.7 Å². The van der Waals surface area contributed by atoms with Crippen LogP contribution in [0, 0.1) is 34.5 Å². The van der Waals surface area contributed by atoms with E-state index in [1.165, 1.54) is 31.7 Å². The van der Waals surface area contributed by atoms with Crippen LogP contribution in [0.15, 0.2) is 85.5 Å². The zero-order valence-corrected chi connectivity index (χ0v) is 45.3. The molecule has 0 spiro atoms. The van der Waals surface area contributed by atoms with Gasteiger partial charge in [0.15, 0.2) is 0 Å². The van der Waals surface area contributed by atoms with E-state index in [1.54, 1.807) is 49.1 Å². The van der Waals surface area contributed by atoms with E-state index in [4.69, 9.17) is 20.0 Å². The Bertz CT molecular complexity index is 3380. The van der Waals surface area contributed by atoms with Crippen molar-refractivity contribution >= 4 is 23.2 Å². The molecule has 0 radical (unpaired) electrons. The zero-order valence-electron chi connectivity index (χ0n) is 45.3. The van der Waals surface area contributed by atoms with Gasteiger partial charge in [-0.25, -0.2) is 17.6 Å². The van der Waals surface area contributed by atoms with Crippen molar-refractivity contribution in [3.63, 3.8) is 0 Å². The molecule has 6 aliphatic heterocycles. The van der Waals surface area contributed by atoms with Crippen LogP contribution in [0.3, 0.4) is 0 Å². The van der Waals surface area contributed by atoms with Gasteiger partial charge in [0.1, 0.15) is 36.1 Å². The number of nitrogens with zero attached hydrogens (tertiary/aromatic N) is 12. The van der Waals surface area contributed by atoms with Gasteiger partial charge in [-0.15, -0.1) is 20.4 Å². The molecule has 0 N–H and O–H groups in total. The second-order valence-electron chi connectivity index (χ2n) is 22.7. The number of amides is 2. The summed E-state index contributed by atoms with van der Waals surface area (Å²) in [6.07, 6.45) is -6.29. The van der Waals surface area contributed by atoms with E-state index >= 15 is 0 Å². The summed E-state index contributed by atoms with van der Waals surface area (Å²) >= 11 is 0. The number of piperidine rings is 2. The lowest BCUT2D eigenvalue weighted by Gasteiger charge is -2.42. The average Bonchev–Trinajstić information content (AvgIpc) is 3.35. The number of fused-ring (bicyclic) bond motifs is 2. The van der Waals surface area contributed by atoms with Crippen LogP contribution in [-0.4, -0.2) is 116 Å². The van der Waals surface area contributed by atoms with E-state index < -0.39 is 82.6 Å². The summed E-state index contributed by atoms with van der Waals surface area (Å²) in [5, 5.41) is 34.5. The number of ether oxygens (including phenoxy) is 2. The molecule has 2 aromatic heterocycles. The molecule has 0 aliphatic carbocycles. The van der Waals surface area contributed by atoms with Crippen LogP contribution >= 0.6 is 0 Å². The summed E-state index contributed by atoms with van der Waals surface area (Å²) in [5.41, 5.74) is -0.00722. The highest BCUT2D eigenvalue weighted by Crippen LogP contribution is 2.45. The monoisotopic (exact) mass is 1170 g/mol. The smallest absolute Gasteiger partial charge is 0.379 e. The molecule has 4 saturated heterocycles. The van der Waals surface area contributed by atoms with Crippen LogP contribution in [0.2, 0.25) is 0 Å². The van der Waals surface area contributed by atoms with E-state index in [0.717, 1.165) is 34.9 Å². The number of aryl methyl sites for hydroxylation is 2. The first-order chi connectivity index (χ1) is 39.8. The molecule has 0 saturated carbocycles. The minimum Gasteiger partial charge on any atom is -0.379 e. The Labute approximate surface area is 474 Å². The van der Waals surface area contributed by atoms with Gasteiger partial charge in [-0.1, -0.05) is 24.3 Å². The Kier molecular flexibility index (Phi) is 15.0. The fourth-order valence-corrected chi connectivity index (χ4v) is 12.0. The molecular formula is C58H54F10N12O4. The van der Waals surface area contributed by atoms with Crippen LogP contribution < -0.4 is 9.80 Å². The van der Waals surface area contributed by atoms with Crippen molar-refractivity contribution in [2.75, 3.05) is 62.4 Å². The van der Waals surface area contributed by atoms with Gasteiger partial charge in [0, 0.05) is 112 Å². The number of aromatic nitrogens is 6. The third kappa shape index (κ3) is 11.0. The Morgan fingerprint density at radius 1 is 0.595 bits per heavy atom. The van der Waals surface area contributed by atoms with E-state index in [1.807, 2.05) is 47.5 Å². The number of benzene rings is 4. The van der Waals surface area contributed by atoms with Gasteiger partial charge in [-0.3, -0.25) is 19.4 Å². The molecule has 12 rings (SSSR count). The number of carbonyl (C=O) groups is 2. The van der Waals surface area contributed by atoms with Crippen LogP contribution in [0.1, 0.15) is 89.7 Å². The summed E-state index contributed by atoms with van der Waals surface area (Å²) in [6, 6.07) is 22.4. The molecule has 0 bridgehead atoms. The summed E-state index contributed by atoms with van der Waals surface area (Å²) < 4.78 is 156. The number of nitriles is 2. The lowest BCUT2D eigenvalue weighted by molar-refractivity contribution is -0.139. The van der Waals surface area contributed by atoms with Crippen LogP contribution in [-0.2, 0) is 85.8 Å². The molecule has 6 aliphatic rings. The maximum absolute atomic E-state index is 14.3. The van der Waals surface area contributed by atoms with E-state index in [0.29, 0.717) is 50.6 Å². The van der Waals surface area contributed by atoms with Crippen LogP contribution in [0.4, 0.5) is 55.3 Å². The summed E-state index contributed by atoms with van der Waals surface area (Å²) in [6.45, 7) is 0.328. The van der Waals surface area contributed by atoms with E-state index in [9.17, 15) is 53.5 Å². The zero-order chi connectivity index (χ0) is 59.7. The van der Waals surface area contributed by atoms with Gasteiger partial charge in [0.25, 0.3) is 23.7 Å². The summed E-state index contributed by atoms with van der Waals surface area (Å²) in [4.78, 5) is 32.9. The van der Waals surface area contributed by atoms with Gasteiger partial charge in [0.2, 0.25) is 0 Å². The molecule has 4 aromatic carbocycles. The van der Waals surface area contributed by atoms with Gasteiger partial charge >= 0.3 is 12.4 Å². The minimum atomic E-state index is -4.73. The standard InChI is InChI=1S/2C29H27F5N6O2/c2*1-38-17-36-37-25(38)10-27(15-42-16-27)19-3-2-4-21(9-19)40-14-23-22(26(40)41)7-18(8-24(23)29(32,33)34)12-39-6-5-28(30,31)20(11-35)13-39/h2*2-4,7-9,17,20H,5-6,10,12-16H2,1H3. The first-order valence-electron chi connectivity index (χ1n) is 26.9. The molecule has 2 amide bonds. The van der Waals surface area contributed by atoms with Crippen molar-refractivity contribution in [1.82, 2.24) is 39.3 Å². The summed E-state index contributed by atoms with van der Waals surface area (Å²) in [7, 11) is 3.68. The lowest BCUT2D eigenvalue weighted by Crippen LogP contribution is -2.49. The van der Waals surface area contributed by atoms with Crippen molar-refractivity contribution in [2.24, 2.45) is 25.9 Å². The predicted molar refractivity (Wildman–Crippen MR) is 279 cm³/mol.